The molecule has 1 saturated heterocycles. The fourth-order valence-electron chi connectivity index (χ4n) is 4.30. The van der Waals surface area contributed by atoms with Gasteiger partial charge in [0.15, 0.2) is 0 Å². The predicted octanol–water partition coefficient (Wildman–Crippen LogP) is 4.25. The number of nitrogens with one attached hydrogen (secondary N) is 2. The molecule has 1 aliphatic heterocycles. The number of nitrogen functional groups attached to an aromatic ring is 1. The van der Waals surface area contributed by atoms with Gasteiger partial charge in [-0.15, -0.1) is 0 Å². The zero-order chi connectivity index (χ0) is 27.1. The molecular weight excluding hydrogens is 483 g/mol. The van der Waals surface area contributed by atoms with Crippen LogP contribution >= 0.6 is 0 Å². The van der Waals surface area contributed by atoms with Gasteiger partial charge >= 0.3 is 6.03 Å². The smallest absolute Gasteiger partial charge is 0.322 e. The highest BCUT2D eigenvalue weighted by molar-refractivity contribution is 6.05. The van der Waals surface area contributed by atoms with E-state index in [1.807, 2.05) is 24.3 Å². The van der Waals surface area contributed by atoms with Crippen LogP contribution in [-0.2, 0) is 6.54 Å². The van der Waals surface area contributed by atoms with Crippen molar-refractivity contribution in [2.24, 2.45) is 0 Å². The Morgan fingerprint density at radius 2 is 1.68 bits per heavy atom. The lowest BCUT2D eigenvalue weighted by Crippen LogP contribution is -2.48. The van der Waals surface area contributed by atoms with E-state index >= 15 is 0 Å². The minimum Gasteiger partial charge on any atom is -0.397 e. The number of nitrogens with two attached hydrogens (primary N) is 1. The number of hydrogen-bond acceptors (Lipinski definition) is 5. The number of urea groups is 1. The van der Waals surface area contributed by atoms with Crippen molar-refractivity contribution in [2.75, 3.05) is 62.7 Å². The average Bonchev–Trinajstić information content (AvgIpc) is 2.91. The largest absolute Gasteiger partial charge is 0.397 e. The van der Waals surface area contributed by atoms with Crippen LogP contribution < -0.4 is 16.4 Å². The first-order valence-corrected chi connectivity index (χ1v) is 12.8. The summed E-state index contributed by atoms with van der Waals surface area (Å²) < 4.78 is 13.7. The summed E-state index contributed by atoms with van der Waals surface area (Å²) >= 11 is 0. The van der Waals surface area contributed by atoms with Crippen molar-refractivity contribution in [3.8, 4) is 0 Å². The predicted molar refractivity (Wildman–Crippen MR) is 150 cm³/mol. The van der Waals surface area contributed by atoms with Crippen molar-refractivity contribution >= 4 is 29.0 Å². The summed E-state index contributed by atoms with van der Waals surface area (Å²) in [4.78, 5) is 32.3. The summed E-state index contributed by atoms with van der Waals surface area (Å²) in [5.41, 5.74) is 9.39. The van der Waals surface area contributed by atoms with E-state index in [0.717, 1.165) is 38.3 Å². The molecule has 1 fully saturated rings. The molecule has 0 aromatic heterocycles. The number of carbonyl (C=O) groups is 2. The SMILES string of the molecule is Cc1cc(NC(=O)N(CCN2CCN(C)CC2)Cc2ccc(C(=O)Nc3ccccc3N)cc2)ccc1F. The van der Waals surface area contributed by atoms with Crippen molar-refractivity contribution in [3.63, 3.8) is 0 Å². The molecule has 8 nitrogen and oxygen atoms in total. The van der Waals surface area contributed by atoms with Gasteiger partial charge in [-0.1, -0.05) is 24.3 Å². The molecule has 0 bridgehead atoms. The maximum atomic E-state index is 13.7. The summed E-state index contributed by atoms with van der Waals surface area (Å²) in [6, 6.07) is 18.6. The molecule has 1 heterocycles. The Morgan fingerprint density at radius 1 is 0.974 bits per heavy atom. The summed E-state index contributed by atoms with van der Waals surface area (Å²) in [5, 5.41) is 5.73. The Balaban J connectivity index is 1.43. The van der Waals surface area contributed by atoms with Crippen LogP contribution in [0.25, 0.3) is 0 Å². The first-order valence-electron chi connectivity index (χ1n) is 12.8. The maximum Gasteiger partial charge on any atom is 0.322 e. The van der Waals surface area contributed by atoms with E-state index in [4.69, 9.17) is 5.73 Å². The van der Waals surface area contributed by atoms with E-state index in [0.29, 0.717) is 41.3 Å². The van der Waals surface area contributed by atoms with Gasteiger partial charge in [-0.2, -0.15) is 0 Å². The van der Waals surface area contributed by atoms with Crippen molar-refractivity contribution < 1.29 is 14.0 Å². The molecule has 4 rings (SSSR count). The van der Waals surface area contributed by atoms with Crippen LogP contribution in [0.1, 0.15) is 21.5 Å². The van der Waals surface area contributed by atoms with Gasteiger partial charge in [0.1, 0.15) is 5.82 Å². The van der Waals surface area contributed by atoms with Crippen LogP contribution in [0, 0.1) is 12.7 Å². The number of anilines is 3. The van der Waals surface area contributed by atoms with Gasteiger partial charge in [-0.25, -0.2) is 9.18 Å². The lowest BCUT2D eigenvalue weighted by atomic mass is 10.1. The normalized spacial score (nSPS) is 14.2. The highest BCUT2D eigenvalue weighted by atomic mass is 19.1. The zero-order valence-corrected chi connectivity index (χ0v) is 21.9. The van der Waals surface area contributed by atoms with Crippen LogP contribution in [0.15, 0.2) is 66.7 Å². The number of aryl methyl sites for hydroxylation is 1. The van der Waals surface area contributed by atoms with Crippen LogP contribution in [-0.4, -0.2) is 73.0 Å². The minimum atomic E-state index is -0.311. The van der Waals surface area contributed by atoms with Crippen LogP contribution in [0.3, 0.4) is 0 Å². The third-order valence-electron chi connectivity index (χ3n) is 6.78. The lowest BCUT2D eigenvalue weighted by molar-refractivity contribution is 0.102. The van der Waals surface area contributed by atoms with Gasteiger partial charge in [-0.3, -0.25) is 9.69 Å². The average molecular weight is 519 g/mol. The first-order chi connectivity index (χ1) is 18.3. The molecule has 0 spiro atoms. The van der Waals surface area contributed by atoms with Crippen molar-refractivity contribution in [1.29, 1.82) is 0 Å². The summed E-state index contributed by atoms with van der Waals surface area (Å²) in [6.45, 7) is 7.23. The number of piperazine rings is 1. The Bertz CT molecular complexity index is 1260. The lowest BCUT2D eigenvalue weighted by Gasteiger charge is -2.34. The number of para-hydroxylation sites is 2. The number of likely N-dealkylation sites (N-methyl/N-ethyl adjacent to an activating group) is 1. The van der Waals surface area contributed by atoms with Crippen molar-refractivity contribution in [1.82, 2.24) is 14.7 Å². The molecule has 200 valence electrons. The number of benzene rings is 3. The third kappa shape index (κ3) is 7.30. The Morgan fingerprint density at radius 3 is 2.37 bits per heavy atom. The fourth-order valence-corrected chi connectivity index (χ4v) is 4.30. The highest BCUT2D eigenvalue weighted by Gasteiger charge is 2.19. The van der Waals surface area contributed by atoms with Gasteiger partial charge in [0.2, 0.25) is 0 Å². The number of rotatable bonds is 8. The number of amides is 3. The fraction of sp³-hybridized carbons (Fsp3) is 0.310. The number of halogens is 1. The second kappa shape index (κ2) is 12.5. The molecule has 3 aromatic rings. The maximum absolute atomic E-state index is 13.7. The summed E-state index contributed by atoms with van der Waals surface area (Å²) in [7, 11) is 2.11. The molecule has 0 radical (unpaired) electrons. The van der Waals surface area contributed by atoms with Crippen molar-refractivity contribution in [3.05, 3.63) is 89.2 Å². The van der Waals surface area contributed by atoms with Gasteiger partial charge < -0.3 is 26.2 Å². The first kappa shape index (κ1) is 27.1. The zero-order valence-electron chi connectivity index (χ0n) is 21.9. The van der Waals surface area contributed by atoms with Gasteiger partial charge in [0.05, 0.1) is 11.4 Å². The van der Waals surface area contributed by atoms with Crippen LogP contribution in [0.4, 0.5) is 26.2 Å². The molecule has 0 atom stereocenters. The number of nitrogens with zero attached hydrogens (tertiary/aromatic N) is 3. The van der Waals surface area contributed by atoms with Gasteiger partial charge in [-0.05, 0) is 67.6 Å². The monoisotopic (exact) mass is 518 g/mol. The van der Waals surface area contributed by atoms with Crippen LogP contribution in [0.5, 0.6) is 0 Å². The quantitative estimate of drug-likeness (QED) is 0.388. The molecule has 4 N–H and O–H groups in total. The van der Waals surface area contributed by atoms with E-state index in [1.54, 1.807) is 48.2 Å². The molecular formula is C29H35FN6O2. The number of carbonyl (C=O) groups excluding carboxylic acids is 2. The molecule has 0 aliphatic carbocycles. The molecule has 38 heavy (non-hydrogen) atoms. The Labute approximate surface area is 223 Å². The molecule has 3 aromatic carbocycles. The Hall–Kier alpha value is -3.95. The van der Waals surface area contributed by atoms with E-state index < -0.39 is 0 Å². The highest BCUT2D eigenvalue weighted by Crippen LogP contribution is 2.19. The minimum absolute atomic E-state index is 0.258. The Kier molecular flexibility index (Phi) is 8.93. The van der Waals surface area contributed by atoms with E-state index in [9.17, 15) is 14.0 Å². The van der Waals surface area contributed by atoms with E-state index in [1.165, 1.54) is 6.07 Å². The molecule has 9 heteroatoms. The molecule has 0 unspecified atom stereocenters. The topological polar surface area (TPSA) is 93.9 Å². The molecule has 0 saturated carbocycles. The number of hydrogen-bond donors (Lipinski definition) is 3. The van der Waals surface area contributed by atoms with Gasteiger partial charge in [0.25, 0.3) is 5.91 Å². The van der Waals surface area contributed by atoms with E-state index in [2.05, 4.69) is 27.5 Å². The second-order valence-electron chi connectivity index (χ2n) is 9.70. The molecule has 3 amide bonds. The second-order valence-corrected chi connectivity index (χ2v) is 9.70. The standard InChI is InChI=1S/C29H35FN6O2/c1-21-19-24(11-12-25(21)30)32-29(38)36(18-17-35-15-13-34(2)14-16-35)20-22-7-9-23(10-8-22)28(37)33-27-6-4-3-5-26(27)31/h3-12,19H,13-18,20,31H2,1-2H3,(H,32,38)(H,33,37). The van der Waals surface area contributed by atoms with E-state index in [-0.39, 0.29) is 17.8 Å². The molecule has 1 aliphatic rings. The summed E-state index contributed by atoms with van der Waals surface area (Å²) in [5.74, 6) is -0.570. The van der Waals surface area contributed by atoms with Gasteiger partial charge in [0, 0.05) is 57.1 Å². The summed E-state index contributed by atoms with van der Waals surface area (Å²) in [6.07, 6.45) is 0. The third-order valence-corrected chi connectivity index (χ3v) is 6.78. The van der Waals surface area contributed by atoms with Crippen LogP contribution in [0.2, 0.25) is 0 Å². The van der Waals surface area contributed by atoms with Crippen molar-refractivity contribution in [2.45, 2.75) is 13.5 Å².